The molecule has 35 heavy (non-hydrogen) atoms. The maximum absolute atomic E-state index is 15.1. The maximum atomic E-state index is 15.1. The number of aliphatic carboxylic acids is 1. The average Bonchev–Trinajstić information content (AvgIpc) is 3.24. The Morgan fingerprint density at radius 1 is 1.14 bits per heavy atom. The molecule has 1 aromatic carbocycles. The van der Waals surface area contributed by atoms with Crippen molar-refractivity contribution in [3.05, 3.63) is 41.8 Å². The second-order valence-corrected chi connectivity index (χ2v) is 9.87. The molecule has 0 unspecified atom stereocenters. The number of aromatic amines is 1. The Labute approximate surface area is 199 Å². The molecule has 2 aliphatic rings. The summed E-state index contributed by atoms with van der Waals surface area (Å²) in [6, 6.07) is 4.56. The van der Waals surface area contributed by atoms with Gasteiger partial charge >= 0.3 is 12.1 Å². The van der Waals surface area contributed by atoms with Gasteiger partial charge in [0, 0.05) is 31.3 Å². The van der Waals surface area contributed by atoms with Gasteiger partial charge in [0.1, 0.15) is 5.82 Å². The third-order valence-electron chi connectivity index (χ3n) is 7.66. The van der Waals surface area contributed by atoms with Crippen LogP contribution in [0.5, 0.6) is 0 Å². The summed E-state index contributed by atoms with van der Waals surface area (Å²) in [4.78, 5) is 24.4. The van der Waals surface area contributed by atoms with Crippen LogP contribution in [0.15, 0.2) is 30.5 Å². The van der Waals surface area contributed by atoms with Crippen LogP contribution in [0.1, 0.15) is 50.5 Å². The van der Waals surface area contributed by atoms with E-state index in [-0.39, 0.29) is 34.9 Å². The van der Waals surface area contributed by atoms with Crippen molar-refractivity contribution >= 4 is 22.8 Å². The SMILES string of the molecule is O=C(O)CC1CCC2(CC1)CCN(c1ncc(-c3nc4ccc(C(F)(F)F)cc4[nH]3)cc1F)CC2. The molecule has 5 rings (SSSR count). The Hall–Kier alpha value is -3.17. The van der Waals surface area contributed by atoms with Gasteiger partial charge in [-0.15, -0.1) is 0 Å². The summed E-state index contributed by atoms with van der Waals surface area (Å²) in [7, 11) is 0. The number of benzene rings is 1. The molecule has 1 aliphatic heterocycles. The van der Waals surface area contributed by atoms with E-state index in [9.17, 15) is 18.0 Å². The summed E-state index contributed by atoms with van der Waals surface area (Å²) in [5.41, 5.74) is 0.362. The number of halogens is 4. The van der Waals surface area contributed by atoms with E-state index in [1.54, 1.807) is 0 Å². The first-order valence-corrected chi connectivity index (χ1v) is 11.8. The van der Waals surface area contributed by atoms with E-state index in [1.807, 2.05) is 4.90 Å². The van der Waals surface area contributed by atoms with Gasteiger partial charge in [-0.2, -0.15) is 13.2 Å². The molecular formula is C25H26F4N4O2. The zero-order valence-electron chi connectivity index (χ0n) is 19.0. The second-order valence-electron chi connectivity index (χ2n) is 9.87. The number of imidazole rings is 1. The van der Waals surface area contributed by atoms with Gasteiger partial charge in [0.05, 0.1) is 16.6 Å². The lowest BCUT2D eigenvalue weighted by molar-refractivity contribution is -0.139. The molecule has 2 N–H and O–H groups in total. The van der Waals surface area contributed by atoms with Crippen LogP contribution < -0.4 is 4.90 Å². The lowest BCUT2D eigenvalue weighted by Crippen LogP contribution is -2.42. The first kappa shape index (κ1) is 23.6. The van der Waals surface area contributed by atoms with Gasteiger partial charge in [0.2, 0.25) is 0 Å². The quantitative estimate of drug-likeness (QED) is 0.436. The zero-order chi connectivity index (χ0) is 24.8. The number of hydrogen-bond acceptors (Lipinski definition) is 4. The van der Waals surface area contributed by atoms with Gasteiger partial charge in [-0.3, -0.25) is 4.79 Å². The van der Waals surface area contributed by atoms with Crippen molar-refractivity contribution in [2.24, 2.45) is 11.3 Å². The van der Waals surface area contributed by atoms with E-state index in [2.05, 4.69) is 15.0 Å². The summed E-state index contributed by atoms with van der Waals surface area (Å²) in [6.45, 7) is 1.36. The number of H-pyrrole nitrogens is 1. The minimum absolute atomic E-state index is 0.200. The summed E-state index contributed by atoms with van der Waals surface area (Å²) in [6.07, 6.45) is 2.97. The number of carboxylic acids is 1. The fourth-order valence-corrected chi connectivity index (χ4v) is 5.55. The maximum Gasteiger partial charge on any atom is 0.416 e. The summed E-state index contributed by atoms with van der Waals surface area (Å²) in [5, 5.41) is 9.03. The smallest absolute Gasteiger partial charge is 0.416 e. The topological polar surface area (TPSA) is 82.1 Å². The van der Waals surface area contributed by atoms with Gasteiger partial charge in [0.15, 0.2) is 11.6 Å². The third-order valence-corrected chi connectivity index (χ3v) is 7.66. The highest BCUT2D eigenvalue weighted by molar-refractivity contribution is 5.80. The second kappa shape index (κ2) is 8.80. The van der Waals surface area contributed by atoms with E-state index >= 15 is 4.39 Å². The molecule has 0 amide bonds. The molecule has 0 radical (unpaired) electrons. The summed E-state index contributed by atoms with van der Waals surface area (Å²) >= 11 is 0. The number of piperidine rings is 1. The number of aromatic nitrogens is 3. The highest BCUT2D eigenvalue weighted by Crippen LogP contribution is 2.47. The van der Waals surface area contributed by atoms with Crippen LogP contribution in [0.3, 0.4) is 0 Å². The standard InChI is InChI=1S/C25H26F4N4O2/c26-18-12-16(22-31-19-2-1-17(25(27,28)29)13-20(19)32-22)14-30-23(18)33-9-7-24(8-10-33)5-3-15(4-6-24)11-21(34)35/h1-2,12-15H,3-11H2,(H,31,32)(H,34,35). The molecule has 3 heterocycles. The van der Waals surface area contributed by atoms with Gasteiger partial charge < -0.3 is 15.0 Å². The Kier molecular flexibility index (Phi) is 5.93. The predicted octanol–water partition coefficient (Wildman–Crippen LogP) is 6.03. The third kappa shape index (κ3) is 4.83. The van der Waals surface area contributed by atoms with Crippen LogP contribution >= 0.6 is 0 Å². The number of nitrogens with one attached hydrogen (secondary N) is 1. The van der Waals surface area contributed by atoms with Crippen molar-refractivity contribution in [3.63, 3.8) is 0 Å². The molecule has 1 spiro atoms. The number of rotatable bonds is 4. The van der Waals surface area contributed by atoms with Crippen LogP contribution in [-0.2, 0) is 11.0 Å². The molecule has 10 heteroatoms. The Balaban J connectivity index is 1.27. The predicted molar refractivity (Wildman–Crippen MR) is 122 cm³/mol. The zero-order valence-corrected chi connectivity index (χ0v) is 19.0. The van der Waals surface area contributed by atoms with Gasteiger partial charge in [-0.1, -0.05) is 0 Å². The first-order valence-electron chi connectivity index (χ1n) is 11.8. The number of nitrogens with zero attached hydrogens (tertiary/aromatic N) is 3. The van der Waals surface area contributed by atoms with Crippen LogP contribution in [0, 0.1) is 17.2 Å². The lowest BCUT2D eigenvalue weighted by Gasteiger charge is -2.46. The molecule has 0 atom stereocenters. The number of fused-ring (bicyclic) bond motifs is 1. The van der Waals surface area contributed by atoms with E-state index in [0.29, 0.717) is 24.2 Å². The fraction of sp³-hybridized carbons (Fsp3) is 0.480. The number of alkyl halides is 3. The molecule has 1 saturated carbocycles. The highest BCUT2D eigenvalue weighted by atomic mass is 19.4. The number of carbonyl (C=O) groups is 1. The van der Waals surface area contributed by atoms with E-state index in [1.165, 1.54) is 18.3 Å². The summed E-state index contributed by atoms with van der Waals surface area (Å²) < 4.78 is 54.0. The summed E-state index contributed by atoms with van der Waals surface area (Å²) in [5.74, 6) is -0.466. The Morgan fingerprint density at radius 2 is 1.86 bits per heavy atom. The van der Waals surface area contributed by atoms with E-state index < -0.39 is 23.5 Å². The molecule has 1 aliphatic carbocycles. The van der Waals surface area contributed by atoms with Crippen molar-refractivity contribution in [3.8, 4) is 11.4 Å². The number of anilines is 1. The molecule has 1 saturated heterocycles. The first-order chi connectivity index (χ1) is 16.6. The van der Waals surface area contributed by atoms with Gasteiger partial charge in [-0.25, -0.2) is 14.4 Å². The lowest BCUT2D eigenvalue weighted by atomic mass is 9.65. The monoisotopic (exact) mass is 490 g/mol. The van der Waals surface area contributed by atoms with Crippen LogP contribution in [0.25, 0.3) is 22.4 Å². The van der Waals surface area contributed by atoms with Crippen LogP contribution in [0.2, 0.25) is 0 Å². The van der Waals surface area contributed by atoms with Crippen molar-refractivity contribution < 1.29 is 27.5 Å². The largest absolute Gasteiger partial charge is 0.481 e. The highest BCUT2D eigenvalue weighted by Gasteiger charge is 2.39. The van der Waals surface area contributed by atoms with Crippen LogP contribution in [0.4, 0.5) is 23.4 Å². The van der Waals surface area contributed by atoms with Crippen molar-refractivity contribution in [1.29, 1.82) is 0 Å². The fourth-order valence-electron chi connectivity index (χ4n) is 5.55. The molecule has 6 nitrogen and oxygen atoms in total. The molecule has 186 valence electrons. The van der Waals surface area contributed by atoms with Crippen LogP contribution in [-0.4, -0.2) is 39.1 Å². The molecule has 2 fully saturated rings. The normalized spacial score (nSPS) is 18.9. The van der Waals surface area contributed by atoms with E-state index in [4.69, 9.17) is 5.11 Å². The van der Waals surface area contributed by atoms with Gasteiger partial charge in [0.25, 0.3) is 0 Å². The molecule has 0 bridgehead atoms. The number of hydrogen-bond donors (Lipinski definition) is 2. The average molecular weight is 491 g/mol. The molecular weight excluding hydrogens is 464 g/mol. The van der Waals surface area contributed by atoms with Gasteiger partial charge in [-0.05, 0) is 74.1 Å². The molecule has 2 aromatic heterocycles. The van der Waals surface area contributed by atoms with Crippen molar-refractivity contribution in [1.82, 2.24) is 15.0 Å². The minimum atomic E-state index is -4.46. The minimum Gasteiger partial charge on any atom is -0.481 e. The number of pyridine rings is 1. The van der Waals surface area contributed by atoms with Crippen molar-refractivity contribution in [2.75, 3.05) is 18.0 Å². The van der Waals surface area contributed by atoms with E-state index in [0.717, 1.165) is 50.7 Å². The number of carboxylic acid groups (broad SMARTS) is 1. The van der Waals surface area contributed by atoms with Crippen molar-refractivity contribution in [2.45, 2.75) is 51.1 Å². The molecule has 3 aromatic rings. The Morgan fingerprint density at radius 3 is 2.49 bits per heavy atom. The Bertz CT molecular complexity index is 1240.